The normalized spacial score (nSPS) is 10.8. The Labute approximate surface area is 150 Å². The molecule has 0 radical (unpaired) electrons. The zero-order chi connectivity index (χ0) is 17.9. The van der Waals surface area contributed by atoms with Gasteiger partial charge in [-0.1, -0.05) is 43.3 Å². The summed E-state index contributed by atoms with van der Waals surface area (Å²) < 4.78 is 0. The molecule has 0 saturated carbocycles. The van der Waals surface area contributed by atoms with E-state index in [1.54, 1.807) is 12.3 Å². The largest absolute Gasteiger partial charge is 0.506 e. The van der Waals surface area contributed by atoms with Gasteiger partial charge in [0, 0.05) is 17.8 Å². The topological polar surface area (TPSA) is 89.6 Å². The van der Waals surface area contributed by atoms with Crippen LogP contribution < -0.4 is 5.32 Å². The van der Waals surface area contributed by atoms with E-state index in [0.717, 1.165) is 34.4 Å². The van der Waals surface area contributed by atoms with Gasteiger partial charge in [0.1, 0.15) is 5.75 Å². The Kier molecular flexibility index (Phi) is 4.15. The molecule has 130 valence electrons. The zero-order valence-corrected chi connectivity index (χ0v) is 14.3. The van der Waals surface area contributed by atoms with Crippen molar-refractivity contribution in [3.63, 3.8) is 0 Å². The Morgan fingerprint density at radius 1 is 1.04 bits per heavy atom. The summed E-state index contributed by atoms with van der Waals surface area (Å²) in [5.74, 6) is 0.883. The molecule has 0 unspecified atom stereocenters. The molecule has 4 rings (SSSR count). The number of anilines is 2. The highest BCUT2D eigenvalue weighted by atomic mass is 16.3. The standard InChI is InChI=1S/C20H19N5O/c1-2-13-4-3-5-18(26)20(13)23-19-10-17(24-25-19)15-8-6-14(7-9-15)16-11-21-22-12-16/h3-12,26H,2H2,1H3,(H,21,22)(H2,23,24,25). The fourth-order valence-corrected chi connectivity index (χ4v) is 2.94. The van der Waals surface area contributed by atoms with Crippen LogP contribution in [0.2, 0.25) is 0 Å². The molecule has 6 heteroatoms. The van der Waals surface area contributed by atoms with Crippen molar-refractivity contribution in [1.82, 2.24) is 20.4 Å². The van der Waals surface area contributed by atoms with Crippen molar-refractivity contribution in [2.45, 2.75) is 13.3 Å². The summed E-state index contributed by atoms with van der Waals surface area (Å²) in [4.78, 5) is 0. The van der Waals surface area contributed by atoms with Crippen molar-refractivity contribution in [3.05, 3.63) is 66.5 Å². The number of benzene rings is 2. The molecule has 0 aliphatic rings. The van der Waals surface area contributed by atoms with Gasteiger partial charge in [-0.25, -0.2) is 0 Å². The highest BCUT2D eigenvalue weighted by Gasteiger charge is 2.10. The zero-order valence-electron chi connectivity index (χ0n) is 14.3. The van der Waals surface area contributed by atoms with E-state index in [0.29, 0.717) is 11.5 Å². The maximum atomic E-state index is 10.1. The number of rotatable bonds is 5. The van der Waals surface area contributed by atoms with Crippen molar-refractivity contribution >= 4 is 11.5 Å². The Hall–Kier alpha value is -3.54. The third-order valence-electron chi connectivity index (χ3n) is 4.37. The fraction of sp³-hybridized carbons (Fsp3) is 0.100. The van der Waals surface area contributed by atoms with E-state index in [4.69, 9.17) is 0 Å². The van der Waals surface area contributed by atoms with Crippen LogP contribution in [0.4, 0.5) is 11.5 Å². The summed E-state index contributed by atoms with van der Waals surface area (Å²) in [6.07, 6.45) is 4.49. The number of phenols is 1. The predicted molar refractivity (Wildman–Crippen MR) is 102 cm³/mol. The predicted octanol–water partition coefficient (Wildman–Crippen LogP) is 4.48. The molecule has 0 bridgehead atoms. The molecule has 0 saturated heterocycles. The number of aromatic amines is 2. The molecule has 0 spiro atoms. The second-order valence-corrected chi connectivity index (χ2v) is 6.02. The monoisotopic (exact) mass is 345 g/mol. The van der Waals surface area contributed by atoms with Gasteiger partial charge in [0.05, 0.1) is 17.6 Å². The average molecular weight is 345 g/mol. The van der Waals surface area contributed by atoms with Crippen LogP contribution >= 0.6 is 0 Å². The molecule has 0 aliphatic carbocycles. The van der Waals surface area contributed by atoms with Crippen LogP contribution in [0, 0.1) is 0 Å². The van der Waals surface area contributed by atoms with Crippen LogP contribution in [0.15, 0.2) is 60.9 Å². The molecule has 0 atom stereocenters. The van der Waals surface area contributed by atoms with Crippen LogP contribution in [0.1, 0.15) is 12.5 Å². The summed E-state index contributed by atoms with van der Waals surface area (Å²) in [5.41, 5.74) is 5.82. The molecule has 2 aromatic heterocycles. The lowest BCUT2D eigenvalue weighted by Gasteiger charge is -2.10. The number of aromatic hydroxyl groups is 1. The van der Waals surface area contributed by atoms with Crippen molar-refractivity contribution in [2.75, 3.05) is 5.32 Å². The van der Waals surface area contributed by atoms with Crippen molar-refractivity contribution in [2.24, 2.45) is 0 Å². The second-order valence-electron chi connectivity index (χ2n) is 6.02. The SMILES string of the molecule is CCc1cccc(O)c1Nc1cc(-c2ccc(-c3cn[nH]c3)cc2)[nH]n1. The van der Waals surface area contributed by atoms with Gasteiger partial charge >= 0.3 is 0 Å². The number of aryl methyl sites for hydroxylation is 1. The summed E-state index contributed by atoms with van der Waals surface area (Å²) in [6.45, 7) is 2.05. The van der Waals surface area contributed by atoms with Gasteiger partial charge in [-0.3, -0.25) is 10.2 Å². The minimum absolute atomic E-state index is 0.221. The Morgan fingerprint density at radius 2 is 1.85 bits per heavy atom. The lowest BCUT2D eigenvalue weighted by Crippen LogP contribution is -1.96. The summed E-state index contributed by atoms with van der Waals surface area (Å²) in [6, 6.07) is 15.6. The number of aromatic nitrogens is 4. The molecular weight excluding hydrogens is 326 g/mol. The summed E-state index contributed by atoms with van der Waals surface area (Å²) in [7, 11) is 0. The van der Waals surface area contributed by atoms with E-state index in [1.165, 1.54) is 0 Å². The van der Waals surface area contributed by atoms with Crippen LogP contribution in [0.5, 0.6) is 5.75 Å². The van der Waals surface area contributed by atoms with Crippen LogP contribution in [-0.2, 0) is 6.42 Å². The first-order valence-corrected chi connectivity index (χ1v) is 8.47. The van der Waals surface area contributed by atoms with Crippen LogP contribution in [0.3, 0.4) is 0 Å². The van der Waals surface area contributed by atoms with E-state index in [-0.39, 0.29) is 5.75 Å². The van der Waals surface area contributed by atoms with Crippen molar-refractivity contribution in [3.8, 4) is 28.1 Å². The molecule has 0 fully saturated rings. The van der Waals surface area contributed by atoms with E-state index < -0.39 is 0 Å². The number of nitrogens with one attached hydrogen (secondary N) is 3. The van der Waals surface area contributed by atoms with E-state index in [2.05, 4.69) is 32.6 Å². The number of H-pyrrole nitrogens is 2. The molecule has 26 heavy (non-hydrogen) atoms. The summed E-state index contributed by atoms with van der Waals surface area (Å²) >= 11 is 0. The molecule has 0 amide bonds. The van der Waals surface area contributed by atoms with Crippen LogP contribution in [0.25, 0.3) is 22.4 Å². The van der Waals surface area contributed by atoms with Gasteiger partial charge in [0.15, 0.2) is 5.82 Å². The van der Waals surface area contributed by atoms with E-state index >= 15 is 0 Å². The van der Waals surface area contributed by atoms with Gasteiger partial charge in [-0.05, 0) is 29.2 Å². The van der Waals surface area contributed by atoms with Gasteiger partial charge in [0.25, 0.3) is 0 Å². The average Bonchev–Trinajstić information content (AvgIpc) is 3.35. The molecular formula is C20H19N5O. The van der Waals surface area contributed by atoms with Gasteiger partial charge < -0.3 is 10.4 Å². The first-order valence-electron chi connectivity index (χ1n) is 8.47. The first-order chi connectivity index (χ1) is 12.7. The number of nitrogens with zero attached hydrogens (tertiary/aromatic N) is 2. The first kappa shape index (κ1) is 16.0. The lowest BCUT2D eigenvalue weighted by molar-refractivity contribution is 0.477. The fourth-order valence-electron chi connectivity index (χ4n) is 2.94. The maximum absolute atomic E-state index is 10.1. The third kappa shape index (κ3) is 3.04. The smallest absolute Gasteiger partial charge is 0.152 e. The van der Waals surface area contributed by atoms with Crippen LogP contribution in [-0.4, -0.2) is 25.5 Å². The molecule has 6 nitrogen and oxygen atoms in total. The number of para-hydroxylation sites is 1. The van der Waals surface area contributed by atoms with Gasteiger partial charge in [-0.2, -0.15) is 10.2 Å². The van der Waals surface area contributed by atoms with Gasteiger partial charge in [0.2, 0.25) is 0 Å². The van der Waals surface area contributed by atoms with Crippen molar-refractivity contribution in [1.29, 1.82) is 0 Å². The van der Waals surface area contributed by atoms with Crippen molar-refractivity contribution < 1.29 is 5.11 Å². The molecule has 0 aliphatic heterocycles. The summed E-state index contributed by atoms with van der Waals surface area (Å²) in [5, 5.41) is 27.5. The third-order valence-corrected chi connectivity index (χ3v) is 4.37. The van der Waals surface area contributed by atoms with E-state index in [1.807, 2.05) is 48.7 Å². The highest BCUT2D eigenvalue weighted by Crippen LogP contribution is 2.31. The molecule has 4 aromatic rings. The highest BCUT2D eigenvalue weighted by molar-refractivity contribution is 5.72. The number of hydrogen-bond acceptors (Lipinski definition) is 4. The number of hydrogen-bond donors (Lipinski definition) is 4. The minimum Gasteiger partial charge on any atom is -0.506 e. The Balaban J connectivity index is 1.57. The maximum Gasteiger partial charge on any atom is 0.152 e. The lowest BCUT2D eigenvalue weighted by atomic mass is 10.1. The Morgan fingerprint density at radius 3 is 2.58 bits per heavy atom. The van der Waals surface area contributed by atoms with Gasteiger partial charge in [-0.15, -0.1) is 0 Å². The van der Waals surface area contributed by atoms with E-state index in [9.17, 15) is 5.11 Å². The Bertz CT molecular complexity index is 1000. The second kappa shape index (κ2) is 6.76. The minimum atomic E-state index is 0.221. The number of phenolic OH excluding ortho intramolecular Hbond substituents is 1. The quantitative estimate of drug-likeness (QED) is 0.402. The molecule has 2 heterocycles. The molecule has 4 N–H and O–H groups in total. The molecule has 2 aromatic carbocycles.